The highest BCUT2D eigenvalue weighted by atomic mass is 32.1. The Morgan fingerprint density at radius 3 is 2.92 bits per heavy atom. The van der Waals surface area contributed by atoms with Crippen LogP contribution in [-0.2, 0) is 24.3 Å². The van der Waals surface area contributed by atoms with E-state index in [2.05, 4.69) is 20.2 Å². The van der Waals surface area contributed by atoms with Crippen molar-refractivity contribution >= 4 is 23.2 Å². The minimum atomic E-state index is -0.0689. The van der Waals surface area contributed by atoms with Gasteiger partial charge in [0, 0.05) is 37.5 Å². The molecule has 2 aromatic rings. The highest BCUT2D eigenvalue weighted by Crippen LogP contribution is 2.19. The summed E-state index contributed by atoms with van der Waals surface area (Å²) >= 11 is 1.63. The summed E-state index contributed by atoms with van der Waals surface area (Å²) in [5.41, 5.74) is 1.51. The Bertz CT molecular complexity index is 827. The summed E-state index contributed by atoms with van der Waals surface area (Å²) in [7, 11) is 0. The van der Waals surface area contributed by atoms with E-state index in [1.54, 1.807) is 11.3 Å². The number of thiophene rings is 1. The van der Waals surface area contributed by atoms with Crippen molar-refractivity contribution in [3.63, 3.8) is 0 Å². The normalized spacial score (nSPS) is 17.3. The summed E-state index contributed by atoms with van der Waals surface area (Å²) in [5.74, 6) is 0.688. The zero-order chi connectivity index (χ0) is 17.9. The van der Waals surface area contributed by atoms with Gasteiger partial charge in [0.15, 0.2) is 0 Å². The number of amides is 1. The van der Waals surface area contributed by atoms with Crippen molar-refractivity contribution in [1.82, 2.24) is 20.2 Å². The number of aromatic amines is 1. The summed E-state index contributed by atoms with van der Waals surface area (Å²) in [6.07, 6.45) is 3.00. The van der Waals surface area contributed by atoms with Gasteiger partial charge in [0.25, 0.3) is 5.56 Å². The Morgan fingerprint density at radius 1 is 1.31 bits per heavy atom. The molecule has 0 aromatic carbocycles. The van der Waals surface area contributed by atoms with Gasteiger partial charge in [-0.15, -0.1) is 11.3 Å². The van der Waals surface area contributed by atoms with Crippen molar-refractivity contribution in [2.75, 3.05) is 31.1 Å². The van der Waals surface area contributed by atoms with Crippen molar-refractivity contribution in [2.45, 2.75) is 32.4 Å². The molecule has 138 valence electrons. The van der Waals surface area contributed by atoms with E-state index in [-0.39, 0.29) is 11.5 Å². The lowest BCUT2D eigenvalue weighted by Crippen LogP contribution is -2.42. The standard InChI is InChI=1S/C18H23N5O2S/c24-16(19-10-13-4-3-9-26-13)12-22-8-5-15-14(11-22)17(25)21-18(20-15)23-6-1-2-7-23/h3-4,9H,1-2,5-8,10-12H2,(H,19,24)(H,20,21,25). The number of nitrogens with one attached hydrogen (secondary N) is 2. The molecule has 0 unspecified atom stereocenters. The molecule has 2 aliphatic rings. The molecule has 2 aliphatic heterocycles. The molecule has 2 aromatic heterocycles. The van der Waals surface area contributed by atoms with Crippen LogP contribution in [0.15, 0.2) is 22.3 Å². The quantitative estimate of drug-likeness (QED) is 0.821. The van der Waals surface area contributed by atoms with E-state index < -0.39 is 0 Å². The molecule has 8 heteroatoms. The highest BCUT2D eigenvalue weighted by molar-refractivity contribution is 7.09. The predicted octanol–water partition coefficient (Wildman–Crippen LogP) is 1.11. The molecular weight excluding hydrogens is 350 g/mol. The predicted molar refractivity (Wildman–Crippen MR) is 101 cm³/mol. The maximum Gasteiger partial charge on any atom is 0.257 e. The van der Waals surface area contributed by atoms with Crippen LogP contribution in [0.1, 0.15) is 29.0 Å². The maximum absolute atomic E-state index is 12.5. The average Bonchev–Trinajstić information content (AvgIpc) is 3.34. The molecule has 4 heterocycles. The molecule has 0 aliphatic carbocycles. The third-order valence-corrected chi connectivity index (χ3v) is 5.82. The Kier molecular flexibility index (Phi) is 5.03. The number of nitrogens with zero attached hydrogens (tertiary/aromatic N) is 3. The lowest BCUT2D eigenvalue weighted by molar-refractivity contribution is -0.122. The lowest BCUT2D eigenvalue weighted by atomic mass is 10.1. The maximum atomic E-state index is 12.5. The first-order chi connectivity index (χ1) is 12.7. The van der Waals surface area contributed by atoms with Crippen LogP contribution in [0.3, 0.4) is 0 Å². The smallest absolute Gasteiger partial charge is 0.257 e. The second-order valence-electron chi connectivity index (χ2n) is 6.83. The van der Waals surface area contributed by atoms with Gasteiger partial charge in [-0.05, 0) is 24.3 Å². The third kappa shape index (κ3) is 3.81. The second kappa shape index (κ2) is 7.59. The van der Waals surface area contributed by atoms with Crippen molar-refractivity contribution in [3.05, 3.63) is 44.0 Å². The molecule has 1 saturated heterocycles. The van der Waals surface area contributed by atoms with E-state index in [4.69, 9.17) is 0 Å². The van der Waals surface area contributed by atoms with E-state index in [1.165, 1.54) is 0 Å². The van der Waals surface area contributed by atoms with Crippen molar-refractivity contribution in [3.8, 4) is 0 Å². The zero-order valence-electron chi connectivity index (χ0n) is 14.7. The first kappa shape index (κ1) is 17.2. The van der Waals surface area contributed by atoms with E-state index in [0.717, 1.165) is 43.0 Å². The van der Waals surface area contributed by atoms with E-state index in [1.807, 2.05) is 22.4 Å². The van der Waals surface area contributed by atoms with Crippen LogP contribution in [0, 0.1) is 0 Å². The van der Waals surface area contributed by atoms with Gasteiger partial charge in [0.05, 0.1) is 24.3 Å². The molecule has 0 bridgehead atoms. The van der Waals surface area contributed by atoms with Crippen LogP contribution in [0.25, 0.3) is 0 Å². The molecule has 0 saturated carbocycles. The second-order valence-corrected chi connectivity index (χ2v) is 7.86. The molecule has 4 rings (SSSR count). The molecule has 1 amide bonds. The van der Waals surface area contributed by atoms with Crippen molar-refractivity contribution < 1.29 is 4.79 Å². The summed E-state index contributed by atoms with van der Waals surface area (Å²) in [4.78, 5) is 37.6. The molecule has 1 fully saturated rings. The Hall–Kier alpha value is -2.19. The Labute approximate surface area is 156 Å². The lowest BCUT2D eigenvalue weighted by Gasteiger charge is -2.28. The Morgan fingerprint density at radius 2 is 2.15 bits per heavy atom. The van der Waals surface area contributed by atoms with Gasteiger partial charge in [0.1, 0.15) is 0 Å². The molecule has 2 N–H and O–H groups in total. The summed E-state index contributed by atoms with van der Waals surface area (Å²) in [6.45, 7) is 4.00. The number of carbonyl (C=O) groups excluding carboxylic acids is 1. The van der Waals surface area contributed by atoms with Crippen molar-refractivity contribution in [1.29, 1.82) is 0 Å². The number of hydrogen-bond donors (Lipinski definition) is 2. The summed E-state index contributed by atoms with van der Waals surface area (Å²) in [5, 5.41) is 4.94. The first-order valence-electron chi connectivity index (χ1n) is 9.07. The van der Waals surface area contributed by atoms with E-state index >= 15 is 0 Å². The highest BCUT2D eigenvalue weighted by Gasteiger charge is 2.24. The SMILES string of the molecule is O=C(CN1CCc2nc(N3CCCC3)[nH]c(=O)c2C1)NCc1cccs1. The third-order valence-electron chi connectivity index (χ3n) is 4.95. The van der Waals surface area contributed by atoms with Crippen LogP contribution >= 0.6 is 11.3 Å². The fourth-order valence-electron chi connectivity index (χ4n) is 3.54. The van der Waals surface area contributed by atoms with E-state index in [0.29, 0.717) is 37.6 Å². The molecule has 7 nitrogen and oxygen atoms in total. The number of fused-ring (bicyclic) bond motifs is 1. The molecule has 26 heavy (non-hydrogen) atoms. The van der Waals surface area contributed by atoms with Crippen molar-refractivity contribution in [2.24, 2.45) is 0 Å². The van der Waals surface area contributed by atoms with Crippen LogP contribution < -0.4 is 15.8 Å². The van der Waals surface area contributed by atoms with Crippen LogP contribution in [0.4, 0.5) is 5.95 Å². The average molecular weight is 373 g/mol. The number of H-pyrrole nitrogens is 1. The van der Waals surface area contributed by atoms with Crippen LogP contribution in [0.2, 0.25) is 0 Å². The Balaban J connectivity index is 1.38. The molecular formula is C18H23N5O2S. The van der Waals surface area contributed by atoms with Gasteiger partial charge < -0.3 is 10.2 Å². The van der Waals surface area contributed by atoms with Crippen LogP contribution in [-0.4, -0.2) is 47.0 Å². The number of rotatable bonds is 5. The summed E-state index contributed by atoms with van der Waals surface area (Å²) in [6, 6.07) is 3.98. The van der Waals surface area contributed by atoms with Gasteiger partial charge >= 0.3 is 0 Å². The topological polar surface area (TPSA) is 81.3 Å². The van der Waals surface area contributed by atoms with Crippen LogP contribution in [0.5, 0.6) is 0 Å². The summed E-state index contributed by atoms with van der Waals surface area (Å²) < 4.78 is 0. The van der Waals surface area contributed by atoms with Gasteiger partial charge in [-0.3, -0.25) is 19.5 Å². The number of carbonyl (C=O) groups is 1. The number of hydrogen-bond acceptors (Lipinski definition) is 6. The first-order valence-corrected chi connectivity index (χ1v) is 9.95. The zero-order valence-corrected chi connectivity index (χ0v) is 15.5. The van der Waals surface area contributed by atoms with E-state index in [9.17, 15) is 9.59 Å². The molecule has 0 radical (unpaired) electrons. The minimum Gasteiger partial charge on any atom is -0.350 e. The monoisotopic (exact) mass is 373 g/mol. The van der Waals surface area contributed by atoms with Gasteiger partial charge in [0.2, 0.25) is 11.9 Å². The fourth-order valence-corrected chi connectivity index (χ4v) is 4.18. The van der Waals surface area contributed by atoms with Gasteiger partial charge in [-0.25, -0.2) is 4.98 Å². The fraction of sp³-hybridized carbons (Fsp3) is 0.500. The van der Waals surface area contributed by atoms with Gasteiger partial charge in [-0.1, -0.05) is 6.07 Å². The van der Waals surface area contributed by atoms with Gasteiger partial charge in [-0.2, -0.15) is 0 Å². The largest absolute Gasteiger partial charge is 0.350 e. The minimum absolute atomic E-state index is 0.0140. The molecule has 0 atom stereocenters. The molecule has 0 spiro atoms. The number of aromatic nitrogens is 2. The number of anilines is 1.